The highest BCUT2D eigenvalue weighted by atomic mass is 79.9. The van der Waals surface area contributed by atoms with Crippen molar-refractivity contribution in [3.05, 3.63) is 27.7 Å². The van der Waals surface area contributed by atoms with E-state index in [4.69, 9.17) is 17.3 Å². The Bertz CT molecular complexity index is 405. The molecule has 1 aromatic rings. The number of rotatable bonds is 7. The molecule has 0 saturated heterocycles. The van der Waals surface area contributed by atoms with Gasteiger partial charge in [-0.1, -0.05) is 38.8 Å². The minimum Gasteiger partial charge on any atom is -0.378 e. The van der Waals surface area contributed by atoms with Crippen molar-refractivity contribution in [1.29, 1.82) is 0 Å². The molecule has 4 heteroatoms. The van der Waals surface area contributed by atoms with Gasteiger partial charge in [-0.25, -0.2) is 0 Å². The third-order valence-corrected chi connectivity index (χ3v) is 5.07. The Labute approximate surface area is 130 Å². The summed E-state index contributed by atoms with van der Waals surface area (Å²) < 4.78 is 0.913. The Balaban J connectivity index is 2.90. The normalized spacial score (nSPS) is 15.9. The van der Waals surface area contributed by atoms with E-state index in [1.165, 1.54) is 6.42 Å². The summed E-state index contributed by atoms with van der Waals surface area (Å²) in [5.74, 6) is 0.655. The molecule has 0 aromatic heterocycles. The largest absolute Gasteiger partial charge is 0.378 e. The first kappa shape index (κ1) is 16.8. The van der Waals surface area contributed by atoms with Crippen molar-refractivity contribution < 1.29 is 0 Å². The fraction of sp³-hybridized carbons (Fsp3) is 0.600. The fourth-order valence-corrected chi connectivity index (χ4v) is 2.68. The summed E-state index contributed by atoms with van der Waals surface area (Å²) in [5.41, 5.74) is 7.01. The van der Waals surface area contributed by atoms with E-state index in [0.717, 1.165) is 28.0 Å². The first-order chi connectivity index (χ1) is 8.96. The lowest BCUT2D eigenvalue weighted by atomic mass is 9.84. The summed E-state index contributed by atoms with van der Waals surface area (Å²) in [5, 5.41) is 4.31. The van der Waals surface area contributed by atoms with Crippen molar-refractivity contribution in [1.82, 2.24) is 0 Å². The molecule has 0 aliphatic carbocycles. The monoisotopic (exact) mass is 346 g/mol. The molecule has 0 aliphatic rings. The molecule has 108 valence electrons. The van der Waals surface area contributed by atoms with Crippen molar-refractivity contribution in [2.45, 2.75) is 45.6 Å². The third-order valence-electron chi connectivity index (χ3n) is 3.83. The molecule has 0 spiro atoms. The number of benzene rings is 1. The molecule has 0 heterocycles. The average molecular weight is 348 g/mol. The first-order valence-electron chi connectivity index (χ1n) is 6.89. The molecule has 0 radical (unpaired) electrons. The lowest BCUT2D eigenvalue weighted by Gasteiger charge is -2.36. The Hall–Kier alpha value is -0.250. The maximum Gasteiger partial charge on any atom is 0.0568 e. The standard InChI is InChI=1S/C15H24BrClN2/c1-4-11(3)9-15(5-2,10-18)19-12-6-7-13(16)14(17)8-12/h6-8,11,19H,4-5,9-10,18H2,1-3H3. The minimum absolute atomic E-state index is 0.0490. The number of nitrogens with two attached hydrogens (primary N) is 1. The zero-order chi connectivity index (χ0) is 14.5. The van der Waals surface area contributed by atoms with E-state index >= 15 is 0 Å². The second kappa shape index (κ2) is 7.51. The zero-order valence-corrected chi connectivity index (χ0v) is 14.3. The number of hydrogen-bond acceptors (Lipinski definition) is 2. The Morgan fingerprint density at radius 2 is 2.11 bits per heavy atom. The number of hydrogen-bond donors (Lipinski definition) is 2. The molecule has 0 saturated carbocycles. The highest BCUT2D eigenvalue weighted by Crippen LogP contribution is 2.30. The van der Waals surface area contributed by atoms with E-state index in [1.54, 1.807) is 0 Å². The maximum atomic E-state index is 6.14. The molecule has 1 aromatic carbocycles. The van der Waals surface area contributed by atoms with E-state index in [9.17, 15) is 0 Å². The van der Waals surface area contributed by atoms with Crippen LogP contribution in [0, 0.1) is 5.92 Å². The van der Waals surface area contributed by atoms with Gasteiger partial charge in [-0.2, -0.15) is 0 Å². The van der Waals surface area contributed by atoms with Crippen molar-refractivity contribution in [3.8, 4) is 0 Å². The van der Waals surface area contributed by atoms with Gasteiger partial charge < -0.3 is 11.1 Å². The van der Waals surface area contributed by atoms with E-state index in [-0.39, 0.29) is 5.54 Å². The second-order valence-corrected chi connectivity index (χ2v) is 6.57. The number of halogens is 2. The number of anilines is 1. The second-order valence-electron chi connectivity index (χ2n) is 5.31. The molecular weight excluding hydrogens is 324 g/mol. The van der Waals surface area contributed by atoms with Crippen LogP contribution in [0.2, 0.25) is 5.02 Å². The van der Waals surface area contributed by atoms with Crippen molar-refractivity contribution in [3.63, 3.8) is 0 Å². The lowest BCUT2D eigenvalue weighted by Crippen LogP contribution is -2.46. The summed E-state index contributed by atoms with van der Waals surface area (Å²) in [6, 6.07) is 5.94. The van der Waals surface area contributed by atoms with Crippen LogP contribution in [0.5, 0.6) is 0 Å². The molecule has 2 unspecified atom stereocenters. The highest BCUT2D eigenvalue weighted by molar-refractivity contribution is 9.10. The summed E-state index contributed by atoms with van der Waals surface area (Å²) in [6.07, 6.45) is 3.25. The van der Waals surface area contributed by atoms with Crippen LogP contribution in [0.4, 0.5) is 5.69 Å². The van der Waals surface area contributed by atoms with Gasteiger partial charge in [0, 0.05) is 22.2 Å². The zero-order valence-electron chi connectivity index (χ0n) is 12.0. The van der Waals surface area contributed by atoms with Crippen LogP contribution < -0.4 is 11.1 Å². The van der Waals surface area contributed by atoms with Crippen LogP contribution in [-0.2, 0) is 0 Å². The maximum absolute atomic E-state index is 6.14. The first-order valence-corrected chi connectivity index (χ1v) is 8.06. The van der Waals surface area contributed by atoms with E-state index in [0.29, 0.717) is 12.5 Å². The van der Waals surface area contributed by atoms with Gasteiger partial charge in [-0.3, -0.25) is 0 Å². The smallest absolute Gasteiger partial charge is 0.0568 e. The van der Waals surface area contributed by atoms with Crippen LogP contribution >= 0.6 is 27.5 Å². The van der Waals surface area contributed by atoms with Gasteiger partial charge in [0.15, 0.2) is 0 Å². The van der Waals surface area contributed by atoms with Gasteiger partial charge in [-0.15, -0.1) is 0 Å². The number of nitrogens with one attached hydrogen (secondary N) is 1. The van der Waals surface area contributed by atoms with Gasteiger partial charge in [-0.05, 0) is 52.9 Å². The van der Waals surface area contributed by atoms with Crippen molar-refractivity contribution in [2.24, 2.45) is 11.7 Å². The summed E-state index contributed by atoms with van der Waals surface area (Å²) in [4.78, 5) is 0. The lowest BCUT2D eigenvalue weighted by molar-refractivity contribution is 0.346. The molecular formula is C15H24BrClN2. The summed E-state index contributed by atoms with van der Waals surface area (Å²) in [6.45, 7) is 7.30. The topological polar surface area (TPSA) is 38.0 Å². The predicted octanol–water partition coefficient (Wildman–Crippen LogP) is 5.06. The fourth-order valence-electron chi connectivity index (χ4n) is 2.25. The van der Waals surface area contributed by atoms with Gasteiger partial charge in [0.1, 0.15) is 0 Å². The van der Waals surface area contributed by atoms with Gasteiger partial charge in [0.25, 0.3) is 0 Å². The van der Waals surface area contributed by atoms with Gasteiger partial charge in [0.05, 0.1) is 5.02 Å². The van der Waals surface area contributed by atoms with Crippen molar-refractivity contribution >= 4 is 33.2 Å². The molecule has 2 atom stereocenters. The Morgan fingerprint density at radius 3 is 2.58 bits per heavy atom. The van der Waals surface area contributed by atoms with Crippen LogP contribution in [0.1, 0.15) is 40.0 Å². The molecule has 0 bridgehead atoms. The van der Waals surface area contributed by atoms with Crippen LogP contribution in [0.25, 0.3) is 0 Å². The highest BCUT2D eigenvalue weighted by Gasteiger charge is 2.28. The molecule has 1 rings (SSSR count). The van der Waals surface area contributed by atoms with E-state index in [1.807, 2.05) is 18.2 Å². The average Bonchev–Trinajstić information content (AvgIpc) is 2.42. The van der Waals surface area contributed by atoms with E-state index in [2.05, 4.69) is 42.0 Å². The molecule has 0 fully saturated rings. The third kappa shape index (κ3) is 4.66. The van der Waals surface area contributed by atoms with Crippen LogP contribution in [0.3, 0.4) is 0 Å². The predicted molar refractivity (Wildman–Crippen MR) is 88.9 cm³/mol. The molecule has 0 amide bonds. The molecule has 2 nitrogen and oxygen atoms in total. The SMILES string of the molecule is CCC(C)CC(CC)(CN)Nc1ccc(Br)c(Cl)c1. The quantitative estimate of drug-likeness (QED) is 0.723. The molecule has 19 heavy (non-hydrogen) atoms. The summed E-state index contributed by atoms with van der Waals surface area (Å²) in [7, 11) is 0. The van der Waals surface area contributed by atoms with Crippen LogP contribution in [-0.4, -0.2) is 12.1 Å². The Kier molecular flexibility index (Phi) is 6.64. The molecule has 3 N–H and O–H groups in total. The Morgan fingerprint density at radius 1 is 1.42 bits per heavy atom. The van der Waals surface area contributed by atoms with Gasteiger partial charge >= 0.3 is 0 Å². The molecule has 0 aliphatic heterocycles. The van der Waals surface area contributed by atoms with E-state index < -0.39 is 0 Å². The van der Waals surface area contributed by atoms with Crippen LogP contribution in [0.15, 0.2) is 22.7 Å². The van der Waals surface area contributed by atoms with Crippen molar-refractivity contribution in [2.75, 3.05) is 11.9 Å². The minimum atomic E-state index is -0.0490. The van der Waals surface area contributed by atoms with Gasteiger partial charge in [0.2, 0.25) is 0 Å². The summed E-state index contributed by atoms with van der Waals surface area (Å²) >= 11 is 9.55.